The Morgan fingerprint density at radius 2 is 1.90 bits per heavy atom. The third kappa shape index (κ3) is 3.01. The number of allylic oxidation sites excluding steroid dienone is 5. The number of carboxylic acid groups (broad SMARTS) is 1. The Hall–Kier alpha value is -2.18. The molecule has 4 aliphatic rings. The molecule has 2 aliphatic heterocycles. The number of carbonyl (C=O) groups excluding carboxylic acids is 2. The van der Waals surface area contributed by atoms with Crippen LogP contribution in [-0.4, -0.2) is 42.5 Å². The Morgan fingerprint density at radius 1 is 1.21 bits per heavy atom. The summed E-state index contributed by atoms with van der Waals surface area (Å²) in [5.41, 5.74) is 0.502. The predicted molar refractivity (Wildman–Crippen MR) is 103 cm³/mol. The molecule has 0 aromatic rings. The maximum atomic E-state index is 12.5. The van der Waals surface area contributed by atoms with Gasteiger partial charge in [-0.2, -0.15) is 0 Å². The minimum Gasteiger partial charge on any atom is -0.545 e. The summed E-state index contributed by atoms with van der Waals surface area (Å²) < 4.78 is 18.4. The molecule has 6 nitrogen and oxygen atoms in total. The van der Waals surface area contributed by atoms with Crippen LogP contribution in [0.5, 0.6) is 0 Å². The average Bonchev–Trinajstić information content (AvgIpc) is 3.43. The van der Waals surface area contributed by atoms with E-state index in [1.165, 1.54) is 29.9 Å². The summed E-state index contributed by atoms with van der Waals surface area (Å²) in [5.74, 6) is -1.69. The summed E-state index contributed by atoms with van der Waals surface area (Å²) in [4.78, 5) is 22.8. The normalized spacial score (nSPS) is 43.1. The van der Waals surface area contributed by atoms with Crippen molar-refractivity contribution in [2.24, 2.45) is 10.8 Å². The summed E-state index contributed by atoms with van der Waals surface area (Å²) in [6.45, 7) is 7.24. The van der Waals surface area contributed by atoms with Gasteiger partial charge in [-0.15, -0.1) is 0 Å². The molecule has 0 aromatic carbocycles. The number of esters is 1. The first-order valence-corrected chi connectivity index (χ1v) is 10.1. The van der Waals surface area contributed by atoms with Gasteiger partial charge in [0.25, 0.3) is 0 Å². The number of aliphatic carboxylic acids is 1. The molecule has 2 bridgehead atoms. The zero-order valence-corrected chi connectivity index (χ0v) is 17.1. The molecule has 0 aromatic heterocycles. The van der Waals surface area contributed by atoms with E-state index in [0.717, 1.165) is 18.9 Å². The van der Waals surface area contributed by atoms with Crippen LogP contribution in [0.1, 0.15) is 40.0 Å². The smallest absolute Gasteiger partial charge is 0.331 e. The van der Waals surface area contributed by atoms with Crippen LogP contribution in [0.3, 0.4) is 0 Å². The molecule has 0 amide bonds. The quantitative estimate of drug-likeness (QED) is 0.231. The van der Waals surface area contributed by atoms with Gasteiger partial charge < -0.3 is 24.1 Å². The van der Waals surface area contributed by atoms with Crippen molar-refractivity contribution < 1.29 is 28.9 Å². The van der Waals surface area contributed by atoms with Gasteiger partial charge in [0.05, 0.1) is 24.8 Å². The minimum atomic E-state index is -1.27. The molecule has 3 fully saturated rings. The molecule has 3 unspecified atom stereocenters. The number of ether oxygens (including phenoxy) is 3. The first-order chi connectivity index (χ1) is 13.7. The highest BCUT2D eigenvalue weighted by Gasteiger charge is 2.81. The first-order valence-electron chi connectivity index (χ1n) is 10.1. The second-order valence-corrected chi connectivity index (χ2v) is 8.94. The van der Waals surface area contributed by atoms with Crippen molar-refractivity contribution in [2.45, 2.75) is 63.9 Å². The number of carbonyl (C=O) groups is 2. The van der Waals surface area contributed by atoms with Crippen LogP contribution >= 0.6 is 0 Å². The van der Waals surface area contributed by atoms with Crippen molar-refractivity contribution in [3.05, 3.63) is 48.1 Å². The molecule has 4 rings (SSSR count). The molecule has 2 aliphatic carbocycles. The summed E-state index contributed by atoms with van der Waals surface area (Å²) in [6.07, 6.45) is 12.7. The summed E-state index contributed by atoms with van der Waals surface area (Å²) in [5, 5.41) is 10.3. The number of hydrogen-bond acceptors (Lipinski definition) is 6. The van der Waals surface area contributed by atoms with Gasteiger partial charge >= 0.3 is 5.97 Å². The molecule has 2 heterocycles. The molecule has 0 N–H and O–H groups in total. The van der Waals surface area contributed by atoms with Crippen molar-refractivity contribution in [2.75, 3.05) is 6.61 Å². The Morgan fingerprint density at radius 3 is 2.55 bits per heavy atom. The van der Waals surface area contributed by atoms with Gasteiger partial charge in [0.15, 0.2) is 0 Å². The van der Waals surface area contributed by atoms with Crippen LogP contribution in [0.15, 0.2) is 48.1 Å². The zero-order valence-electron chi connectivity index (χ0n) is 17.1. The Bertz CT molecular complexity index is 832. The fraction of sp³-hybridized carbons (Fsp3) is 0.565. The van der Waals surface area contributed by atoms with E-state index in [2.05, 4.69) is 26.8 Å². The average molecular weight is 399 g/mol. The van der Waals surface area contributed by atoms with Gasteiger partial charge in [0, 0.05) is 23.3 Å². The predicted octanol–water partition coefficient (Wildman–Crippen LogP) is 2.01. The molecule has 156 valence electrons. The lowest BCUT2D eigenvalue weighted by Crippen LogP contribution is -2.63. The van der Waals surface area contributed by atoms with E-state index in [1.807, 2.05) is 0 Å². The van der Waals surface area contributed by atoms with Gasteiger partial charge in [-0.05, 0) is 25.8 Å². The SMILES string of the molecule is CC1=CC2OC3C[C@@H](OC(=O)\C=C/C=C/C=C/C(=O)[O-])[C@@](C)(C34CO4)[C@@]2(C)CC1. The minimum absolute atomic E-state index is 0.0127. The second-order valence-electron chi connectivity index (χ2n) is 8.94. The lowest BCUT2D eigenvalue weighted by atomic mass is 9.52. The fourth-order valence-electron chi connectivity index (χ4n) is 5.60. The van der Waals surface area contributed by atoms with E-state index in [-0.39, 0.29) is 34.7 Å². The lowest BCUT2D eigenvalue weighted by molar-refractivity contribution is -0.297. The van der Waals surface area contributed by atoms with Crippen molar-refractivity contribution in [1.29, 1.82) is 0 Å². The molecule has 6 heteroatoms. The number of epoxide rings is 1. The largest absolute Gasteiger partial charge is 0.545 e. The maximum absolute atomic E-state index is 12.5. The van der Waals surface area contributed by atoms with Crippen molar-refractivity contribution in [1.82, 2.24) is 0 Å². The highest BCUT2D eigenvalue weighted by atomic mass is 16.6. The Kier molecular flexibility index (Phi) is 4.82. The van der Waals surface area contributed by atoms with Gasteiger partial charge in [-0.25, -0.2) is 4.79 Å². The van der Waals surface area contributed by atoms with E-state index in [4.69, 9.17) is 14.2 Å². The van der Waals surface area contributed by atoms with Gasteiger partial charge in [-0.3, -0.25) is 0 Å². The third-order valence-electron chi connectivity index (χ3n) is 7.58. The zero-order chi connectivity index (χ0) is 20.9. The molecule has 1 saturated carbocycles. The highest BCUT2D eigenvalue weighted by Crippen LogP contribution is 2.71. The molecule has 1 spiro atoms. The van der Waals surface area contributed by atoms with Crippen LogP contribution < -0.4 is 5.11 Å². The van der Waals surface area contributed by atoms with Crippen LogP contribution in [-0.2, 0) is 23.8 Å². The van der Waals surface area contributed by atoms with Crippen molar-refractivity contribution >= 4 is 11.9 Å². The fourth-order valence-corrected chi connectivity index (χ4v) is 5.60. The topological polar surface area (TPSA) is 88.2 Å². The van der Waals surface area contributed by atoms with Crippen molar-refractivity contribution in [3.63, 3.8) is 0 Å². The number of fused-ring (bicyclic) bond motifs is 2. The number of rotatable bonds is 5. The van der Waals surface area contributed by atoms with Crippen molar-refractivity contribution in [3.8, 4) is 0 Å². The molecule has 0 radical (unpaired) electrons. The van der Waals surface area contributed by atoms with Crippen LogP contribution in [0, 0.1) is 10.8 Å². The Labute approximate surface area is 170 Å². The van der Waals surface area contributed by atoms with Crippen LogP contribution in [0.4, 0.5) is 0 Å². The first kappa shape index (κ1) is 20.1. The monoisotopic (exact) mass is 399 g/mol. The lowest BCUT2D eigenvalue weighted by Gasteiger charge is -2.57. The van der Waals surface area contributed by atoms with Crippen LogP contribution in [0.25, 0.3) is 0 Å². The molecule has 6 atom stereocenters. The molecule has 29 heavy (non-hydrogen) atoms. The third-order valence-corrected chi connectivity index (χ3v) is 7.58. The number of carboxylic acids is 1. The van der Waals surface area contributed by atoms with Crippen LogP contribution in [0.2, 0.25) is 0 Å². The highest BCUT2D eigenvalue weighted by molar-refractivity contribution is 5.82. The molecular formula is C23H27O6-. The summed E-state index contributed by atoms with van der Waals surface area (Å²) >= 11 is 0. The second kappa shape index (κ2) is 6.96. The van der Waals surface area contributed by atoms with E-state index in [0.29, 0.717) is 13.0 Å². The van der Waals surface area contributed by atoms with E-state index < -0.39 is 11.9 Å². The van der Waals surface area contributed by atoms with E-state index >= 15 is 0 Å². The molecular weight excluding hydrogens is 372 g/mol. The standard InChI is InChI=1S/C23H28O6/c1-15-10-11-21(2)16(12-15)28-18-13-17(22(21,3)23(18)14-27-23)29-20(26)9-7-5-4-6-8-19(24)25/h4-9,12,16-18H,10-11,13-14H2,1-3H3,(H,24,25)/p-1/b5-4+,8-6+,9-7-/t16?,17-,18?,21+,22-,23?/m1/s1. The van der Waals surface area contributed by atoms with Gasteiger partial charge in [-0.1, -0.05) is 49.8 Å². The maximum Gasteiger partial charge on any atom is 0.331 e. The Balaban J connectivity index is 1.51. The van der Waals surface area contributed by atoms with Gasteiger partial charge in [0.2, 0.25) is 0 Å². The molecule has 2 saturated heterocycles. The summed E-state index contributed by atoms with van der Waals surface area (Å²) in [7, 11) is 0. The van der Waals surface area contributed by atoms with E-state index in [1.54, 1.807) is 6.08 Å². The number of hydrogen-bond donors (Lipinski definition) is 0. The summed E-state index contributed by atoms with van der Waals surface area (Å²) in [6, 6.07) is 0. The van der Waals surface area contributed by atoms with Gasteiger partial charge in [0.1, 0.15) is 11.7 Å². The van der Waals surface area contributed by atoms with E-state index in [9.17, 15) is 14.7 Å².